The van der Waals surface area contributed by atoms with Crippen LogP contribution in [0.2, 0.25) is 0 Å². The summed E-state index contributed by atoms with van der Waals surface area (Å²) in [6.07, 6.45) is 19.8. The monoisotopic (exact) mass is 236 g/mol. The van der Waals surface area contributed by atoms with Gasteiger partial charge in [0.15, 0.2) is 0 Å². The maximum Gasteiger partial charge on any atom is -0.0203 e. The maximum atomic E-state index is 2.44. The lowest BCUT2D eigenvalue weighted by molar-refractivity contribution is 0.493. The molecule has 0 fully saturated rings. The molecular weight excluding hydrogens is 204 g/mol. The fourth-order valence-electron chi connectivity index (χ4n) is 2.98. The van der Waals surface area contributed by atoms with Gasteiger partial charge in [0, 0.05) is 0 Å². The van der Waals surface area contributed by atoms with Gasteiger partial charge in [-0.3, -0.25) is 0 Å². The first-order valence-electron chi connectivity index (χ1n) is 8.01. The summed E-state index contributed by atoms with van der Waals surface area (Å²) in [5.74, 6) is 0.944. The Morgan fingerprint density at radius 1 is 0.941 bits per heavy atom. The summed E-state index contributed by atoms with van der Waals surface area (Å²) >= 11 is 0. The van der Waals surface area contributed by atoms with Crippen LogP contribution in [-0.2, 0) is 0 Å². The predicted octanol–water partition coefficient (Wildman–Crippen LogP) is 6.26. The molecule has 0 radical (unpaired) electrons. The molecule has 0 heteroatoms. The van der Waals surface area contributed by atoms with Crippen LogP contribution in [0.4, 0.5) is 0 Å². The quantitative estimate of drug-likeness (QED) is 0.310. The molecule has 17 heavy (non-hydrogen) atoms. The van der Waals surface area contributed by atoms with Crippen molar-refractivity contribution in [2.45, 2.75) is 90.9 Å². The minimum absolute atomic E-state index is 0.944. The van der Waals surface area contributed by atoms with E-state index >= 15 is 0 Å². The summed E-state index contributed by atoms with van der Waals surface area (Å²) in [7, 11) is 0. The average Bonchev–Trinajstić information content (AvgIpc) is 2.73. The second kappa shape index (κ2) is 9.74. The zero-order valence-corrected chi connectivity index (χ0v) is 12.1. The molecule has 0 aliphatic heterocycles. The molecule has 0 amide bonds. The zero-order valence-electron chi connectivity index (χ0n) is 12.1. The van der Waals surface area contributed by atoms with Crippen molar-refractivity contribution < 1.29 is 0 Å². The highest BCUT2D eigenvalue weighted by Gasteiger charge is 2.14. The van der Waals surface area contributed by atoms with Crippen LogP contribution < -0.4 is 0 Å². The summed E-state index contributed by atoms with van der Waals surface area (Å²) in [6, 6.07) is 0. The highest BCUT2D eigenvalue weighted by molar-refractivity contribution is 5.09. The van der Waals surface area contributed by atoms with Gasteiger partial charge in [-0.05, 0) is 32.1 Å². The minimum atomic E-state index is 0.944. The average molecular weight is 236 g/mol. The van der Waals surface area contributed by atoms with Gasteiger partial charge >= 0.3 is 0 Å². The van der Waals surface area contributed by atoms with E-state index in [9.17, 15) is 0 Å². The van der Waals surface area contributed by atoms with Gasteiger partial charge in [0.1, 0.15) is 0 Å². The van der Waals surface area contributed by atoms with Crippen molar-refractivity contribution in [1.29, 1.82) is 0 Å². The van der Waals surface area contributed by atoms with E-state index in [4.69, 9.17) is 0 Å². The highest BCUT2D eigenvalue weighted by atomic mass is 14.2. The number of hydrogen-bond acceptors (Lipinski definition) is 0. The van der Waals surface area contributed by atoms with E-state index in [1.54, 1.807) is 5.57 Å². The molecule has 0 N–H and O–H groups in total. The summed E-state index contributed by atoms with van der Waals surface area (Å²) in [4.78, 5) is 0. The van der Waals surface area contributed by atoms with Crippen LogP contribution in [0, 0.1) is 5.92 Å². The van der Waals surface area contributed by atoms with Crippen molar-refractivity contribution in [3.05, 3.63) is 11.6 Å². The fourth-order valence-corrected chi connectivity index (χ4v) is 2.98. The smallest absolute Gasteiger partial charge is 0.0203 e. The number of hydrogen-bond donors (Lipinski definition) is 0. The molecule has 1 aliphatic carbocycles. The third-order valence-electron chi connectivity index (χ3n) is 4.28. The summed E-state index contributed by atoms with van der Waals surface area (Å²) < 4.78 is 0. The molecule has 100 valence electrons. The first-order chi connectivity index (χ1) is 8.34. The molecule has 1 atom stereocenters. The third kappa shape index (κ3) is 6.91. The van der Waals surface area contributed by atoms with Crippen molar-refractivity contribution in [2.24, 2.45) is 5.92 Å². The van der Waals surface area contributed by atoms with Gasteiger partial charge in [-0.2, -0.15) is 0 Å². The summed E-state index contributed by atoms with van der Waals surface area (Å²) in [5, 5.41) is 0. The van der Waals surface area contributed by atoms with Crippen LogP contribution in [0.5, 0.6) is 0 Å². The van der Waals surface area contributed by atoms with Gasteiger partial charge in [-0.15, -0.1) is 0 Å². The topological polar surface area (TPSA) is 0 Å². The Morgan fingerprint density at radius 2 is 1.53 bits per heavy atom. The summed E-state index contributed by atoms with van der Waals surface area (Å²) in [6.45, 7) is 4.62. The van der Waals surface area contributed by atoms with Crippen molar-refractivity contribution in [3.63, 3.8) is 0 Å². The van der Waals surface area contributed by atoms with Crippen LogP contribution in [-0.4, -0.2) is 0 Å². The van der Waals surface area contributed by atoms with Crippen LogP contribution in [0.1, 0.15) is 90.9 Å². The largest absolute Gasteiger partial charge is 0.0853 e. The minimum Gasteiger partial charge on any atom is -0.0853 e. The van der Waals surface area contributed by atoms with E-state index in [0.717, 1.165) is 5.92 Å². The molecule has 1 rings (SSSR count). The molecule has 1 aliphatic rings. The molecule has 1 unspecified atom stereocenters. The molecule has 0 aromatic rings. The standard InChI is InChI=1S/C17H32/c1-3-4-5-6-7-8-9-10-11-14-17-15-12-13-16(17)2/h13,17H,3-12,14-15H2,1-2H3. The normalized spacial score (nSPS) is 19.6. The molecule has 0 saturated carbocycles. The van der Waals surface area contributed by atoms with Gasteiger partial charge < -0.3 is 0 Å². The Kier molecular flexibility index (Phi) is 8.48. The lowest BCUT2D eigenvalue weighted by Gasteiger charge is -2.11. The fraction of sp³-hybridized carbons (Fsp3) is 0.882. The van der Waals surface area contributed by atoms with Crippen LogP contribution in [0.3, 0.4) is 0 Å². The Morgan fingerprint density at radius 3 is 2.06 bits per heavy atom. The molecule has 0 spiro atoms. The predicted molar refractivity (Wildman–Crippen MR) is 78.3 cm³/mol. The second-order valence-electron chi connectivity index (χ2n) is 5.84. The molecule has 0 bridgehead atoms. The van der Waals surface area contributed by atoms with E-state index in [1.165, 1.54) is 77.0 Å². The molecule has 0 aromatic carbocycles. The number of rotatable bonds is 10. The molecule has 0 aromatic heterocycles. The summed E-state index contributed by atoms with van der Waals surface area (Å²) in [5.41, 5.74) is 1.67. The second-order valence-corrected chi connectivity index (χ2v) is 5.84. The highest BCUT2D eigenvalue weighted by Crippen LogP contribution is 2.29. The molecular formula is C17H32. The van der Waals surface area contributed by atoms with E-state index in [2.05, 4.69) is 19.9 Å². The van der Waals surface area contributed by atoms with Crippen molar-refractivity contribution >= 4 is 0 Å². The van der Waals surface area contributed by atoms with Gasteiger partial charge in [0.2, 0.25) is 0 Å². The first kappa shape index (κ1) is 14.8. The van der Waals surface area contributed by atoms with Gasteiger partial charge in [0.25, 0.3) is 0 Å². The van der Waals surface area contributed by atoms with Gasteiger partial charge in [-0.1, -0.05) is 76.4 Å². The zero-order chi connectivity index (χ0) is 12.3. The van der Waals surface area contributed by atoms with E-state index in [-0.39, 0.29) is 0 Å². The Bertz CT molecular complexity index is 202. The van der Waals surface area contributed by atoms with Gasteiger partial charge in [-0.25, -0.2) is 0 Å². The van der Waals surface area contributed by atoms with Crippen molar-refractivity contribution in [1.82, 2.24) is 0 Å². The molecule has 0 nitrogen and oxygen atoms in total. The van der Waals surface area contributed by atoms with E-state index in [0.29, 0.717) is 0 Å². The Balaban J connectivity index is 1.80. The Hall–Kier alpha value is -0.260. The number of unbranched alkanes of at least 4 members (excludes halogenated alkanes) is 8. The maximum absolute atomic E-state index is 2.44. The Labute approximate surface area is 109 Å². The van der Waals surface area contributed by atoms with Crippen LogP contribution >= 0.6 is 0 Å². The SMILES string of the molecule is CCCCCCCCCCCC1CCC=C1C. The number of allylic oxidation sites excluding steroid dienone is 2. The van der Waals surface area contributed by atoms with E-state index in [1.807, 2.05) is 0 Å². The third-order valence-corrected chi connectivity index (χ3v) is 4.28. The van der Waals surface area contributed by atoms with E-state index < -0.39 is 0 Å². The molecule has 0 saturated heterocycles. The van der Waals surface area contributed by atoms with Crippen LogP contribution in [0.25, 0.3) is 0 Å². The van der Waals surface area contributed by atoms with Gasteiger partial charge in [0.05, 0.1) is 0 Å². The lowest BCUT2D eigenvalue weighted by Crippen LogP contribution is -1.96. The van der Waals surface area contributed by atoms with Crippen molar-refractivity contribution in [3.8, 4) is 0 Å². The van der Waals surface area contributed by atoms with Crippen LogP contribution in [0.15, 0.2) is 11.6 Å². The van der Waals surface area contributed by atoms with Crippen molar-refractivity contribution in [2.75, 3.05) is 0 Å². The lowest BCUT2D eigenvalue weighted by atomic mass is 9.95. The molecule has 0 heterocycles. The first-order valence-corrected chi connectivity index (χ1v) is 8.01.